The molecule has 102 valence electrons. The van der Waals surface area contributed by atoms with E-state index in [1.165, 1.54) is 7.11 Å². The van der Waals surface area contributed by atoms with Gasteiger partial charge in [0.15, 0.2) is 0 Å². The van der Waals surface area contributed by atoms with Gasteiger partial charge in [0.2, 0.25) is 0 Å². The Balaban J connectivity index is 2.51. The monoisotopic (exact) mass is 270 g/mol. The Morgan fingerprint density at radius 1 is 1.22 bits per heavy atom. The predicted octanol–water partition coefficient (Wildman–Crippen LogP) is 2.27. The van der Waals surface area contributed by atoms with Crippen molar-refractivity contribution in [2.24, 2.45) is 16.8 Å². The second-order valence-corrected chi connectivity index (χ2v) is 5.38. The maximum absolute atomic E-state index is 11.4. The van der Waals surface area contributed by atoms with Gasteiger partial charge in [-0.3, -0.25) is 4.79 Å². The minimum Gasteiger partial charge on any atom is -0.469 e. The van der Waals surface area contributed by atoms with Crippen LogP contribution in [-0.2, 0) is 9.53 Å². The first kappa shape index (κ1) is 15.1. The molecule has 0 aliphatic heterocycles. The Hall–Kier alpha value is -0.970. The Morgan fingerprint density at radius 3 is 2.17 bits per heavy atom. The highest BCUT2D eigenvalue weighted by Gasteiger charge is 2.28. The summed E-state index contributed by atoms with van der Waals surface area (Å²) in [5, 5.41) is 0. The number of methoxy groups -OCH3 is 1. The molecule has 1 fully saturated rings. The maximum Gasteiger partial charge on any atom is 0.308 e. The van der Waals surface area contributed by atoms with Crippen LogP contribution in [0.3, 0.4) is 0 Å². The number of amidine groups is 1. The van der Waals surface area contributed by atoms with E-state index in [0.29, 0.717) is 5.92 Å². The van der Waals surface area contributed by atoms with Crippen molar-refractivity contribution in [1.29, 1.82) is 0 Å². The average Bonchev–Trinajstić information content (AvgIpc) is 2.37. The zero-order chi connectivity index (χ0) is 13.7. The van der Waals surface area contributed by atoms with Crippen molar-refractivity contribution in [3.63, 3.8) is 0 Å². The largest absolute Gasteiger partial charge is 0.469 e. The van der Waals surface area contributed by atoms with Gasteiger partial charge in [-0.05, 0) is 32.6 Å². The summed E-state index contributed by atoms with van der Waals surface area (Å²) >= 11 is 5.37. The molecule has 0 aromatic carbocycles. The van der Waals surface area contributed by atoms with Crippen molar-refractivity contribution in [2.75, 3.05) is 21.2 Å². The number of carbonyl (C=O) groups is 1. The van der Waals surface area contributed by atoms with Crippen LogP contribution >= 0.6 is 12.2 Å². The first-order valence-electron chi connectivity index (χ1n) is 6.30. The molecule has 4 nitrogen and oxygen atoms in total. The van der Waals surface area contributed by atoms with E-state index in [9.17, 15) is 4.79 Å². The third kappa shape index (κ3) is 4.05. The maximum atomic E-state index is 11.4. The van der Waals surface area contributed by atoms with Crippen molar-refractivity contribution >= 4 is 29.0 Å². The topological polar surface area (TPSA) is 41.9 Å². The lowest BCUT2D eigenvalue weighted by atomic mass is 9.82. The molecule has 0 atom stereocenters. The van der Waals surface area contributed by atoms with Gasteiger partial charge in [0, 0.05) is 20.0 Å². The second kappa shape index (κ2) is 6.83. The summed E-state index contributed by atoms with van der Waals surface area (Å²) in [6.07, 6.45) is 3.58. The molecule has 0 heterocycles. The first-order chi connectivity index (χ1) is 8.45. The van der Waals surface area contributed by atoms with Crippen LogP contribution in [0.1, 0.15) is 32.6 Å². The number of aliphatic imine (C=N–C) groups is 1. The Morgan fingerprint density at radius 2 is 1.72 bits per heavy atom. The highest BCUT2D eigenvalue weighted by molar-refractivity contribution is 7.80. The number of hydrogen-bond acceptors (Lipinski definition) is 3. The quantitative estimate of drug-likeness (QED) is 0.334. The van der Waals surface area contributed by atoms with Crippen LogP contribution in [0.4, 0.5) is 0 Å². The molecule has 0 radical (unpaired) electrons. The fraction of sp³-hybridized carbons (Fsp3) is 0.769. The number of nitrogens with zero attached hydrogens (tertiary/aromatic N) is 2. The molecule has 0 aromatic heterocycles. The Kier molecular flexibility index (Phi) is 5.72. The number of carbonyl (C=O) groups excluding carboxylic acids is 1. The number of ether oxygens (including phenoxy) is 1. The van der Waals surface area contributed by atoms with Gasteiger partial charge < -0.3 is 9.64 Å². The summed E-state index contributed by atoms with van der Waals surface area (Å²) in [5.41, 5.74) is 0. The normalized spacial score (nSPS) is 24.6. The molecular formula is C13H22N2O2S. The molecule has 0 N–H and O–H groups in total. The number of hydrogen-bond donors (Lipinski definition) is 0. The van der Waals surface area contributed by atoms with Gasteiger partial charge >= 0.3 is 5.97 Å². The Labute approximate surface area is 114 Å². The smallest absolute Gasteiger partial charge is 0.308 e. The molecule has 0 unspecified atom stereocenters. The van der Waals surface area contributed by atoms with Gasteiger partial charge in [-0.15, -0.1) is 0 Å². The van der Waals surface area contributed by atoms with Crippen molar-refractivity contribution in [3.05, 3.63) is 0 Å². The molecule has 0 aromatic rings. The van der Waals surface area contributed by atoms with Crippen LogP contribution in [0.25, 0.3) is 0 Å². The highest BCUT2D eigenvalue weighted by atomic mass is 32.1. The number of esters is 1. The van der Waals surface area contributed by atoms with E-state index in [-0.39, 0.29) is 11.9 Å². The van der Waals surface area contributed by atoms with E-state index in [4.69, 9.17) is 17.0 Å². The van der Waals surface area contributed by atoms with E-state index in [1.54, 1.807) is 0 Å². The molecule has 1 aliphatic carbocycles. The van der Waals surface area contributed by atoms with Crippen molar-refractivity contribution in [2.45, 2.75) is 32.6 Å². The third-order valence-corrected chi connectivity index (χ3v) is 3.95. The predicted molar refractivity (Wildman–Crippen MR) is 76.9 cm³/mol. The zero-order valence-corrected chi connectivity index (χ0v) is 12.4. The standard InChI is InChI=1S/C13H22N2O2S/c1-9(15(2)3)14-12(18)10-5-7-11(8-6-10)13(16)17-4/h10-11H,5-8H2,1-4H3/t10-,11-. The minimum atomic E-state index is -0.0904. The average molecular weight is 270 g/mol. The second-order valence-electron chi connectivity index (χ2n) is 4.96. The molecule has 18 heavy (non-hydrogen) atoms. The van der Waals surface area contributed by atoms with E-state index >= 15 is 0 Å². The van der Waals surface area contributed by atoms with Gasteiger partial charge in [-0.1, -0.05) is 12.2 Å². The Bertz CT molecular complexity index is 345. The molecule has 0 saturated heterocycles. The summed E-state index contributed by atoms with van der Waals surface area (Å²) in [7, 11) is 5.36. The SMILES string of the molecule is COC(=O)[C@H]1CC[C@H](C(=S)N=C(C)N(C)C)CC1. The van der Waals surface area contributed by atoms with Crippen LogP contribution in [0.5, 0.6) is 0 Å². The number of thiocarbonyl (C=S) groups is 1. The number of rotatable bonds is 2. The summed E-state index contributed by atoms with van der Waals surface area (Å²) < 4.78 is 4.78. The highest BCUT2D eigenvalue weighted by Crippen LogP contribution is 2.30. The van der Waals surface area contributed by atoms with Gasteiger partial charge in [0.25, 0.3) is 0 Å². The minimum absolute atomic E-state index is 0.0491. The molecule has 0 spiro atoms. The molecule has 5 heteroatoms. The lowest BCUT2D eigenvalue weighted by Gasteiger charge is -2.26. The van der Waals surface area contributed by atoms with Crippen molar-refractivity contribution in [1.82, 2.24) is 4.90 Å². The fourth-order valence-corrected chi connectivity index (χ4v) is 2.46. The van der Waals surface area contributed by atoms with Gasteiger partial charge in [-0.2, -0.15) is 0 Å². The van der Waals surface area contributed by atoms with Crippen LogP contribution < -0.4 is 0 Å². The van der Waals surface area contributed by atoms with Crippen LogP contribution in [-0.4, -0.2) is 42.9 Å². The van der Waals surface area contributed by atoms with Crippen LogP contribution in [0.15, 0.2) is 4.99 Å². The van der Waals surface area contributed by atoms with Gasteiger partial charge in [0.1, 0.15) is 10.8 Å². The summed E-state index contributed by atoms with van der Waals surface area (Å²) in [4.78, 5) is 18.6. The summed E-state index contributed by atoms with van der Waals surface area (Å²) in [5.74, 6) is 1.21. The molecule has 0 amide bonds. The van der Waals surface area contributed by atoms with E-state index < -0.39 is 0 Å². The third-order valence-electron chi connectivity index (χ3n) is 3.53. The molecule has 0 bridgehead atoms. The van der Waals surface area contributed by atoms with Crippen LogP contribution in [0, 0.1) is 11.8 Å². The van der Waals surface area contributed by atoms with Crippen LogP contribution in [0.2, 0.25) is 0 Å². The lowest BCUT2D eigenvalue weighted by Crippen LogP contribution is -2.27. The van der Waals surface area contributed by atoms with E-state index in [0.717, 1.165) is 36.5 Å². The fourth-order valence-electron chi connectivity index (χ4n) is 2.09. The van der Waals surface area contributed by atoms with E-state index in [2.05, 4.69) is 4.99 Å². The molecule has 1 rings (SSSR count). The van der Waals surface area contributed by atoms with Gasteiger partial charge in [0.05, 0.1) is 13.0 Å². The van der Waals surface area contributed by atoms with Gasteiger partial charge in [-0.25, -0.2) is 4.99 Å². The summed E-state index contributed by atoms with van der Waals surface area (Å²) in [6.45, 7) is 1.95. The molecular weight excluding hydrogens is 248 g/mol. The summed E-state index contributed by atoms with van der Waals surface area (Å²) in [6, 6.07) is 0. The first-order valence-corrected chi connectivity index (χ1v) is 6.70. The lowest BCUT2D eigenvalue weighted by molar-refractivity contribution is -0.146. The van der Waals surface area contributed by atoms with Crippen molar-refractivity contribution < 1.29 is 9.53 Å². The zero-order valence-electron chi connectivity index (χ0n) is 11.6. The molecule has 1 aliphatic rings. The molecule has 1 saturated carbocycles. The van der Waals surface area contributed by atoms with Crippen molar-refractivity contribution in [3.8, 4) is 0 Å². The van der Waals surface area contributed by atoms with E-state index in [1.807, 2.05) is 25.9 Å².